The maximum atomic E-state index is 12.8. The van der Waals surface area contributed by atoms with Gasteiger partial charge in [0.25, 0.3) is 0 Å². The van der Waals surface area contributed by atoms with Crippen molar-refractivity contribution < 1.29 is 14.3 Å². The lowest BCUT2D eigenvalue weighted by Crippen LogP contribution is -2.61. The minimum Gasteiger partial charge on any atom is -0.462 e. The van der Waals surface area contributed by atoms with Crippen molar-refractivity contribution >= 4 is 23.6 Å². The summed E-state index contributed by atoms with van der Waals surface area (Å²) in [5.74, 6) is 3.82. The number of carbonyl (C=O) groups excluding carboxylic acids is 2. The molecule has 3 aliphatic carbocycles. The molecule has 2 unspecified atom stereocenters. The summed E-state index contributed by atoms with van der Waals surface area (Å²) >= 11 is 2.09. The zero-order valence-corrected chi connectivity index (χ0v) is 26.8. The second-order valence-electron chi connectivity index (χ2n) is 14.4. The highest BCUT2D eigenvalue weighted by Crippen LogP contribution is 2.65. The Labute approximate surface area is 244 Å². The van der Waals surface area contributed by atoms with Crippen LogP contribution in [0.15, 0.2) is 0 Å². The van der Waals surface area contributed by atoms with Gasteiger partial charge in [0.15, 0.2) is 0 Å². The number of esters is 1. The molecular formula is C34H59NO3S. The van der Waals surface area contributed by atoms with Crippen molar-refractivity contribution in [3.63, 3.8) is 0 Å². The topological polar surface area (TPSA) is 46.6 Å². The minimum absolute atomic E-state index is 0.0475. The second-order valence-corrected chi connectivity index (χ2v) is 16.1. The molecule has 4 nitrogen and oxygen atoms in total. The van der Waals surface area contributed by atoms with Gasteiger partial charge in [-0.05, 0) is 92.0 Å². The molecule has 7 atom stereocenters. The first-order chi connectivity index (χ1) is 18.7. The van der Waals surface area contributed by atoms with E-state index in [4.69, 9.17) is 4.74 Å². The van der Waals surface area contributed by atoms with Crippen LogP contribution in [0.4, 0.5) is 0 Å². The molecule has 1 amide bonds. The predicted octanol–water partition coefficient (Wildman–Crippen LogP) is 8.80. The van der Waals surface area contributed by atoms with Crippen LogP contribution in [0.1, 0.15) is 143 Å². The third kappa shape index (κ3) is 7.20. The molecule has 0 aromatic carbocycles. The molecule has 5 heteroatoms. The van der Waals surface area contributed by atoms with E-state index in [-0.39, 0.29) is 22.9 Å². The van der Waals surface area contributed by atoms with Crippen molar-refractivity contribution in [2.75, 3.05) is 12.8 Å². The normalized spacial score (nSPS) is 36.0. The molecule has 0 N–H and O–H groups in total. The summed E-state index contributed by atoms with van der Waals surface area (Å²) in [5.41, 5.74) is 0.401. The average molecular weight is 562 g/mol. The lowest BCUT2D eigenvalue weighted by molar-refractivity contribution is -0.168. The van der Waals surface area contributed by atoms with E-state index in [1.165, 1.54) is 76.4 Å². The maximum absolute atomic E-state index is 12.8. The van der Waals surface area contributed by atoms with Crippen molar-refractivity contribution in [1.82, 2.24) is 4.90 Å². The molecule has 1 aliphatic heterocycles. The van der Waals surface area contributed by atoms with Crippen LogP contribution in [0.2, 0.25) is 0 Å². The van der Waals surface area contributed by atoms with E-state index >= 15 is 0 Å². The van der Waals surface area contributed by atoms with Crippen LogP contribution < -0.4 is 0 Å². The molecule has 3 saturated carbocycles. The number of thioether (sulfide) groups is 1. The van der Waals surface area contributed by atoms with Gasteiger partial charge in [0, 0.05) is 31.3 Å². The Balaban J connectivity index is 1.13. The van der Waals surface area contributed by atoms with Crippen LogP contribution in [-0.4, -0.2) is 47.0 Å². The molecule has 0 bridgehead atoms. The van der Waals surface area contributed by atoms with Gasteiger partial charge in [0.1, 0.15) is 6.10 Å². The van der Waals surface area contributed by atoms with Crippen molar-refractivity contribution in [2.24, 2.45) is 28.6 Å². The summed E-state index contributed by atoms with van der Waals surface area (Å²) in [7, 11) is 2.04. The molecule has 1 saturated heterocycles. The molecule has 224 valence electrons. The molecule has 0 aromatic heterocycles. The van der Waals surface area contributed by atoms with Crippen LogP contribution >= 0.6 is 11.8 Å². The fourth-order valence-electron chi connectivity index (χ4n) is 9.44. The maximum Gasteiger partial charge on any atom is 0.306 e. The molecule has 4 rings (SSSR count). The summed E-state index contributed by atoms with van der Waals surface area (Å²) in [6, 6.07) is 0.415. The molecule has 0 radical (unpaired) electrons. The summed E-state index contributed by atoms with van der Waals surface area (Å²) in [4.78, 5) is 27.3. The fraction of sp³-hybridized carbons (Fsp3) is 0.941. The zero-order valence-electron chi connectivity index (χ0n) is 26.0. The van der Waals surface area contributed by atoms with E-state index < -0.39 is 0 Å². The Morgan fingerprint density at radius 2 is 1.51 bits per heavy atom. The number of carbonyl (C=O) groups is 2. The van der Waals surface area contributed by atoms with E-state index in [9.17, 15) is 9.59 Å². The van der Waals surface area contributed by atoms with Gasteiger partial charge in [-0.15, -0.1) is 0 Å². The van der Waals surface area contributed by atoms with Gasteiger partial charge < -0.3 is 9.64 Å². The van der Waals surface area contributed by atoms with Crippen LogP contribution in [0.3, 0.4) is 0 Å². The zero-order chi connectivity index (χ0) is 28.0. The van der Waals surface area contributed by atoms with Crippen molar-refractivity contribution in [3.05, 3.63) is 0 Å². The first kappa shape index (κ1) is 31.2. The molecule has 4 fully saturated rings. The number of unbranched alkanes of at least 4 members (excludes halogenated alkanes) is 8. The fourth-order valence-corrected chi connectivity index (χ4v) is 10.3. The van der Waals surface area contributed by atoms with Gasteiger partial charge in [0.2, 0.25) is 5.91 Å². The number of likely N-dealkylation sites (tertiary alicyclic amines) is 1. The number of rotatable bonds is 14. The first-order valence-electron chi connectivity index (χ1n) is 16.7. The summed E-state index contributed by atoms with van der Waals surface area (Å²) < 4.78 is 6.24. The van der Waals surface area contributed by atoms with E-state index in [2.05, 4.69) is 44.4 Å². The molecule has 0 spiro atoms. The Morgan fingerprint density at radius 1 is 0.872 bits per heavy atom. The van der Waals surface area contributed by atoms with Crippen LogP contribution in [-0.2, 0) is 14.3 Å². The molecule has 39 heavy (non-hydrogen) atoms. The number of hydrogen-bond acceptors (Lipinski definition) is 4. The average Bonchev–Trinajstić information content (AvgIpc) is 3.23. The first-order valence-corrected chi connectivity index (χ1v) is 17.8. The van der Waals surface area contributed by atoms with Crippen molar-refractivity contribution in [1.29, 1.82) is 0 Å². The number of fused-ring (bicyclic) bond motifs is 5. The van der Waals surface area contributed by atoms with Gasteiger partial charge in [-0.2, -0.15) is 11.8 Å². The van der Waals surface area contributed by atoms with Gasteiger partial charge in [-0.1, -0.05) is 72.6 Å². The summed E-state index contributed by atoms with van der Waals surface area (Å²) in [5, 5.41) is 0.766. The predicted molar refractivity (Wildman–Crippen MR) is 164 cm³/mol. The highest BCUT2D eigenvalue weighted by molar-refractivity contribution is 7.99. The lowest BCUT2D eigenvalue weighted by atomic mass is 9.47. The Bertz CT molecular complexity index is 816. The van der Waals surface area contributed by atoms with Crippen LogP contribution in [0.5, 0.6) is 0 Å². The second kappa shape index (κ2) is 14.0. The summed E-state index contributed by atoms with van der Waals surface area (Å²) in [6.07, 6.45) is 21.1. The van der Waals surface area contributed by atoms with Gasteiger partial charge >= 0.3 is 5.97 Å². The van der Waals surface area contributed by atoms with Crippen LogP contribution in [0.25, 0.3) is 0 Å². The molecule has 0 aromatic rings. The smallest absolute Gasteiger partial charge is 0.306 e. The number of nitrogens with zero attached hydrogens (tertiary/aromatic N) is 1. The quantitative estimate of drug-likeness (QED) is 0.157. The number of hydrogen-bond donors (Lipinski definition) is 0. The molecular weight excluding hydrogens is 502 g/mol. The standard InChI is InChI=1S/C34H59NO3S/c1-25(2)39-24-14-12-10-8-6-7-9-11-13-15-32(37)38-30-19-17-27-26-16-18-29-33(3,23-21-31(36)35(29)5)28(26)20-22-34(27,30)4/h25-30H,6-24H2,1-5H3/t26-,27-,28+,29?,30?,33+,34-/m0/s1. The molecule has 1 heterocycles. The lowest BCUT2D eigenvalue weighted by Gasteiger charge is -2.61. The largest absolute Gasteiger partial charge is 0.462 e. The van der Waals surface area contributed by atoms with Crippen LogP contribution in [0, 0.1) is 28.6 Å². The third-order valence-electron chi connectivity index (χ3n) is 11.7. The van der Waals surface area contributed by atoms with E-state index in [0.29, 0.717) is 36.6 Å². The Kier molecular flexibility index (Phi) is 11.2. The van der Waals surface area contributed by atoms with E-state index in [0.717, 1.165) is 43.3 Å². The van der Waals surface area contributed by atoms with Gasteiger partial charge in [-0.25, -0.2) is 0 Å². The third-order valence-corrected chi connectivity index (χ3v) is 12.9. The van der Waals surface area contributed by atoms with Gasteiger partial charge in [0.05, 0.1) is 0 Å². The van der Waals surface area contributed by atoms with E-state index in [1.54, 1.807) is 0 Å². The Morgan fingerprint density at radius 3 is 2.21 bits per heavy atom. The molecule has 4 aliphatic rings. The summed E-state index contributed by atoms with van der Waals surface area (Å²) in [6.45, 7) is 9.49. The van der Waals surface area contributed by atoms with E-state index in [1.807, 2.05) is 7.05 Å². The van der Waals surface area contributed by atoms with Gasteiger partial charge in [-0.3, -0.25) is 9.59 Å². The van der Waals surface area contributed by atoms with Crippen molar-refractivity contribution in [3.8, 4) is 0 Å². The SMILES string of the molecule is CC(C)SCCCCCCCCCCCC(=O)OC1CC[C@H]2[C@@H]3CCC4N(C)C(=O)CC[C@]4(C)[C@@H]3CC[C@]12C. The number of piperidine rings is 1. The highest BCUT2D eigenvalue weighted by Gasteiger charge is 2.61. The minimum atomic E-state index is 0.0475. The highest BCUT2D eigenvalue weighted by atomic mass is 32.2. The number of amides is 1. The Hall–Kier alpha value is -0.710. The van der Waals surface area contributed by atoms with Crippen molar-refractivity contribution in [2.45, 2.75) is 161 Å². The monoisotopic (exact) mass is 561 g/mol. The number of ether oxygens (including phenoxy) is 1.